The summed E-state index contributed by atoms with van der Waals surface area (Å²) in [5.74, 6) is 0.295. The number of ether oxygens (including phenoxy) is 1. The maximum atomic E-state index is 13.4. The van der Waals surface area contributed by atoms with Gasteiger partial charge in [-0.2, -0.15) is 0 Å². The summed E-state index contributed by atoms with van der Waals surface area (Å²) in [4.78, 5) is 24.2. The van der Waals surface area contributed by atoms with Gasteiger partial charge in [-0.1, -0.05) is 29.5 Å². The number of nitrogens with zero attached hydrogens (tertiary/aromatic N) is 3. The Morgan fingerprint density at radius 1 is 1.06 bits per heavy atom. The Morgan fingerprint density at radius 2 is 1.80 bits per heavy atom. The quantitative estimate of drug-likeness (QED) is 0.312. The minimum atomic E-state index is -3.51. The number of aryl methyl sites for hydroxylation is 2. The minimum Gasteiger partial charge on any atom is -0.497 e. The van der Waals surface area contributed by atoms with Crippen LogP contribution >= 0.6 is 11.3 Å². The van der Waals surface area contributed by atoms with E-state index in [1.807, 2.05) is 32.0 Å². The van der Waals surface area contributed by atoms with Gasteiger partial charge in [-0.15, -0.1) is 0 Å². The van der Waals surface area contributed by atoms with Gasteiger partial charge >= 0.3 is 0 Å². The Hall–Kier alpha value is -3.30. The van der Waals surface area contributed by atoms with Crippen LogP contribution in [0.2, 0.25) is 0 Å². The molecule has 0 aliphatic heterocycles. The van der Waals surface area contributed by atoms with E-state index in [0.29, 0.717) is 17.4 Å². The average molecular weight is 510 g/mol. The Balaban J connectivity index is 1.54. The van der Waals surface area contributed by atoms with Crippen molar-refractivity contribution < 1.29 is 17.9 Å². The van der Waals surface area contributed by atoms with Crippen LogP contribution in [0.25, 0.3) is 10.2 Å². The SMILES string of the molecule is COc1ccc(S(=O)(=O)CCCC(=O)N(Cc2cccnc2)c2nc3c(C)ccc(C)c3s2)cc1. The molecule has 9 heteroatoms. The molecule has 0 fully saturated rings. The molecule has 0 aliphatic carbocycles. The molecule has 1 amide bonds. The van der Waals surface area contributed by atoms with E-state index in [2.05, 4.69) is 11.1 Å². The molecule has 7 nitrogen and oxygen atoms in total. The highest BCUT2D eigenvalue weighted by Crippen LogP contribution is 2.34. The Labute approximate surface area is 209 Å². The van der Waals surface area contributed by atoms with E-state index in [1.165, 1.54) is 30.6 Å². The highest BCUT2D eigenvalue weighted by atomic mass is 32.2. The number of sulfone groups is 1. The number of methoxy groups -OCH3 is 1. The topological polar surface area (TPSA) is 89.5 Å². The van der Waals surface area contributed by atoms with E-state index in [0.717, 1.165) is 26.9 Å². The summed E-state index contributed by atoms with van der Waals surface area (Å²) in [5, 5.41) is 0.601. The van der Waals surface area contributed by atoms with Crippen molar-refractivity contribution in [1.29, 1.82) is 0 Å². The van der Waals surface area contributed by atoms with Gasteiger partial charge in [0.05, 0.1) is 34.5 Å². The van der Waals surface area contributed by atoms with Gasteiger partial charge in [0, 0.05) is 18.8 Å². The second kappa shape index (κ2) is 10.5. The fourth-order valence-electron chi connectivity index (χ4n) is 3.75. The highest BCUT2D eigenvalue weighted by molar-refractivity contribution is 7.91. The second-order valence-electron chi connectivity index (χ2n) is 8.31. The number of amides is 1. The van der Waals surface area contributed by atoms with Crippen molar-refractivity contribution in [3.63, 3.8) is 0 Å². The predicted molar refractivity (Wildman–Crippen MR) is 139 cm³/mol. The summed E-state index contributed by atoms with van der Waals surface area (Å²) < 4.78 is 31.6. The van der Waals surface area contributed by atoms with Gasteiger partial charge < -0.3 is 4.74 Å². The van der Waals surface area contributed by atoms with Crippen molar-refractivity contribution >= 4 is 42.4 Å². The maximum absolute atomic E-state index is 13.4. The van der Waals surface area contributed by atoms with Crippen molar-refractivity contribution in [2.75, 3.05) is 17.8 Å². The molecule has 0 N–H and O–H groups in total. The molecule has 0 spiro atoms. The van der Waals surface area contributed by atoms with Gasteiger partial charge in [0.25, 0.3) is 0 Å². The molecule has 0 bridgehead atoms. The van der Waals surface area contributed by atoms with Gasteiger partial charge in [0.15, 0.2) is 15.0 Å². The van der Waals surface area contributed by atoms with E-state index in [1.54, 1.807) is 29.4 Å². The smallest absolute Gasteiger partial charge is 0.229 e. The van der Waals surface area contributed by atoms with Gasteiger partial charge in [0.2, 0.25) is 5.91 Å². The van der Waals surface area contributed by atoms with Gasteiger partial charge in [-0.05, 0) is 67.3 Å². The number of anilines is 1. The van der Waals surface area contributed by atoms with Crippen LogP contribution < -0.4 is 9.64 Å². The number of rotatable bonds is 9. The maximum Gasteiger partial charge on any atom is 0.229 e. The number of aromatic nitrogens is 2. The second-order valence-corrected chi connectivity index (χ2v) is 11.4. The largest absolute Gasteiger partial charge is 0.497 e. The van der Waals surface area contributed by atoms with Crippen LogP contribution in [0.3, 0.4) is 0 Å². The molecule has 2 aromatic carbocycles. The molecule has 0 saturated carbocycles. The third-order valence-electron chi connectivity index (χ3n) is 5.75. The van der Waals surface area contributed by atoms with Crippen LogP contribution in [0, 0.1) is 13.8 Å². The molecule has 0 saturated heterocycles. The fraction of sp³-hybridized carbons (Fsp3) is 0.269. The lowest BCUT2D eigenvalue weighted by molar-refractivity contribution is -0.118. The Morgan fingerprint density at radius 3 is 2.46 bits per heavy atom. The molecule has 2 heterocycles. The molecule has 4 rings (SSSR count). The van der Waals surface area contributed by atoms with E-state index >= 15 is 0 Å². The summed E-state index contributed by atoms with van der Waals surface area (Å²) in [6.45, 7) is 4.35. The van der Waals surface area contributed by atoms with Crippen molar-refractivity contribution in [3.05, 3.63) is 77.6 Å². The molecule has 0 atom stereocenters. The zero-order chi connectivity index (χ0) is 25.0. The summed E-state index contributed by atoms with van der Waals surface area (Å²) >= 11 is 1.48. The minimum absolute atomic E-state index is 0.0868. The molecule has 0 radical (unpaired) electrons. The first-order valence-electron chi connectivity index (χ1n) is 11.2. The summed E-state index contributed by atoms with van der Waals surface area (Å²) in [5.41, 5.74) is 3.91. The highest BCUT2D eigenvalue weighted by Gasteiger charge is 2.23. The number of carbonyl (C=O) groups is 1. The predicted octanol–water partition coefficient (Wildman–Crippen LogP) is 5.10. The van der Waals surface area contributed by atoms with Crippen molar-refractivity contribution in [2.24, 2.45) is 0 Å². The van der Waals surface area contributed by atoms with Crippen LogP contribution in [-0.4, -0.2) is 37.2 Å². The molecule has 182 valence electrons. The molecule has 2 aromatic heterocycles. The van der Waals surface area contributed by atoms with Crippen molar-refractivity contribution in [3.8, 4) is 5.75 Å². The average Bonchev–Trinajstić information content (AvgIpc) is 3.32. The molecule has 4 aromatic rings. The number of pyridine rings is 1. The number of hydrogen-bond donors (Lipinski definition) is 0. The third-order valence-corrected chi connectivity index (χ3v) is 8.78. The van der Waals surface area contributed by atoms with Crippen LogP contribution in [0.4, 0.5) is 5.13 Å². The van der Waals surface area contributed by atoms with E-state index < -0.39 is 9.84 Å². The number of benzene rings is 2. The first kappa shape index (κ1) is 24.8. The van der Waals surface area contributed by atoms with Gasteiger partial charge in [-0.25, -0.2) is 13.4 Å². The summed E-state index contributed by atoms with van der Waals surface area (Å²) in [6.07, 6.45) is 3.70. The third kappa shape index (κ3) is 5.68. The number of fused-ring (bicyclic) bond motifs is 1. The lowest BCUT2D eigenvalue weighted by Gasteiger charge is -2.20. The normalized spacial score (nSPS) is 11.5. The monoisotopic (exact) mass is 509 g/mol. The lowest BCUT2D eigenvalue weighted by Crippen LogP contribution is -2.30. The molecule has 0 unspecified atom stereocenters. The summed E-state index contributed by atoms with van der Waals surface area (Å²) in [7, 11) is -1.98. The standard InChI is InChI=1S/C26H27N3O4S2/c1-18-8-9-19(2)25-24(18)28-26(34-25)29(17-20-6-4-14-27-16-20)23(30)7-5-15-35(31,32)22-12-10-21(33-3)11-13-22/h4,6,8-14,16H,5,7,15,17H2,1-3H3. The Kier molecular flexibility index (Phi) is 7.47. The van der Waals surface area contributed by atoms with Crippen LogP contribution in [0.15, 0.2) is 65.8 Å². The van der Waals surface area contributed by atoms with Crippen molar-refractivity contribution in [1.82, 2.24) is 9.97 Å². The molecule has 0 aliphatic rings. The van der Waals surface area contributed by atoms with Crippen LogP contribution in [0.1, 0.15) is 29.5 Å². The van der Waals surface area contributed by atoms with Gasteiger partial charge in [-0.3, -0.25) is 14.7 Å². The molecular weight excluding hydrogens is 482 g/mol. The van der Waals surface area contributed by atoms with Gasteiger partial charge in [0.1, 0.15) is 5.75 Å². The molecular formula is C26H27N3O4S2. The van der Waals surface area contributed by atoms with E-state index in [4.69, 9.17) is 9.72 Å². The zero-order valence-corrected chi connectivity index (χ0v) is 21.5. The first-order valence-corrected chi connectivity index (χ1v) is 13.7. The van der Waals surface area contributed by atoms with Crippen LogP contribution in [0.5, 0.6) is 5.75 Å². The van der Waals surface area contributed by atoms with Crippen molar-refractivity contribution in [2.45, 2.75) is 38.1 Å². The zero-order valence-electron chi connectivity index (χ0n) is 19.9. The summed E-state index contributed by atoms with van der Waals surface area (Å²) in [6, 6.07) is 14.1. The fourth-order valence-corrected chi connectivity index (χ4v) is 6.19. The molecule has 35 heavy (non-hydrogen) atoms. The first-order chi connectivity index (χ1) is 16.8. The Bertz CT molecular complexity index is 1390. The number of carbonyl (C=O) groups excluding carboxylic acids is 1. The lowest BCUT2D eigenvalue weighted by atomic mass is 10.1. The number of thiazole rings is 1. The van der Waals surface area contributed by atoms with Crippen LogP contribution in [-0.2, 0) is 21.2 Å². The number of hydrogen-bond acceptors (Lipinski definition) is 7. The van der Waals surface area contributed by atoms with E-state index in [9.17, 15) is 13.2 Å². The van der Waals surface area contributed by atoms with E-state index in [-0.39, 0.29) is 29.4 Å².